The second kappa shape index (κ2) is 8.48. The highest BCUT2D eigenvalue weighted by Crippen LogP contribution is 2.41. The Labute approximate surface area is 209 Å². The van der Waals surface area contributed by atoms with E-state index in [9.17, 15) is 14.4 Å². The minimum Gasteiger partial charge on any atom is -0.348 e. The Balaban J connectivity index is 1.37. The van der Waals surface area contributed by atoms with Crippen molar-refractivity contribution in [3.8, 4) is 0 Å². The van der Waals surface area contributed by atoms with Gasteiger partial charge in [0, 0.05) is 42.2 Å². The molecule has 2 aliphatic heterocycles. The predicted molar refractivity (Wildman–Crippen MR) is 137 cm³/mol. The average molecular weight is 478 g/mol. The number of fused-ring (bicyclic) bond motifs is 2. The van der Waals surface area contributed by atoms with E-state index in [0.717, 1.165) is 39.7 Å². The summed E-state index contributed by atoms with van der Waals surface area (Å²) in [6.07, 6.45) is 1.30. The monoisotopic (exact) mass is 477 g/mol. The highest BCUT2D eigenvalue weighted by Gasteiger charge is 2.37. The summed E-state index contributed by atoms with van der Waals surface area (Å²) in [6, 6.07) is 23.2. The lowest BCUT2D eigenvalue weighted by atomic mass is 9.99. The molecular weight excluding hydrogens is 450 g/mol. The summed E-state index contributed by atoms with van der Waals surface area (Å²) in [6.45, 7) is 2.89. The largest absolute Gasteiger partial charge is 0.348 e. The van der Waals surface area contributed by atoms with Crippen molar-refractivity contribution in [2.45, 2.75) is 38.9 Å². The van der Waals surface area contributed by atoms with Crippen LogP contribution >= 0.6 is 0 Å². The fourth-order valence-electron chi connectivity index (χ4n) is 5.74. The van der Waals surface area contributed by atoms with Crippen LogP contribution in [0.1, 0.15) is 62.0 Å². The maximum absolute atomic E-state index is 12.9. The lowest BCUT2D eigenvalue weighted by molar-refractivity contribution is -0.129. The van der Waals surface area contributed by atoms with Crippen molar-refractivity contribution in [3.63, 3.8) is 0 Å². The van der Waals surface area contributed by atoms with Crippen LogP contribution in [0.4, 0.5) is 0 Å². The second-order valence-electron chi connectivity index (χ2n) is 9.71. The Morgan fingerprint density at radius 3 is 2.17 bits per heavy atom. The Hall–Kier alpha value is -4.19. The molecule has 6 nitrogen and oxygen atoms in total. The molecule has 3 heterocycles. The molecule has 180 valence electrons. The van der Waals surface area contributed by atoms with Crippen molar-refractivity contribution in [2.75, 3.05) is 0 Å². The number of hydrogen-bond acceptors (Lipinski definition) is 3. The molecule has 1 saturated heterocycles. The third-order valence-electron chi connectivity index (χ3n) is 7.68. The summed E-state index contributed by atoms with van der Waals surface area (Å²) < 4.78 is 2.17. The fourth-order valence-corrected chi connectivity index (χ4v) is 5.74. The SMILES string of the molecule is Cc1c([C@@H]2CCC(=O)N2Cc2ccccc2)c2cc(CN3C(=O)c4ccccc4C3=O)ccc2n1C. The van der Waals surface area contributed by atoms with Gasteiger partial charge in [0.25, 0.3) is 11.8 Å². The summed E-state index contributed by atoms with van der Waals surface area (Å²) in [5.41, 5.74) is 6.28. The molecule has 6 rings (SSSR count). The summed E-state index contributed by atoms with van der Waals surface area (Å²) in [7, 11) is 2.04. The van der Waals surface area contributed by atoms with Crippen LogP contribution in [0.2, 0.25) is 0 Å². The maximum Gasteiger partial charge on any atom is 0.261 e. The van der Waals surface area contributed by atoms with Gasteiger partial charge in [-0.2, -0.15) is 0 Å². The molecule has 0 unspecified atom stereocenters. The normalized spacial score (nSPS) is 17.5. The van der Waals surface area contributed by atoms with Crippen LogP contribution in [-0.4, -0.2) is 32.1 Å². The van der Waals surface area contributed by atoms with E-state index in [-0.39, 0.29) is 30.3 Å². The minimum absolute atomic E-state index is 0.0176. The van der Waals surface area contributed by atoms with E-state index < -0.39 is 0 Å². The number of amides is 3. The molecule has 2 aliphatic rings. The number of nitrogens with zero attached hydrogens (tertiary/aromatic N) is 3. The molecule has 1 aromatic heterocycles. The highest BCUT2D eigenvalue weighted by molar-refractivity contribution is 6.21. The molecule has 0 radical (unpaired) electrons. The molecule has 1 fully saturated rings. The third kappa shape index (κ3) is 3.44. The zero-order chi connectivity index (χ0) is 25.0. The van der Waals surface area contributed by atoms with Gasteiger partial charge in [0.15, 0.2) is 0 Å². The number of benzene rings is 3. The molecule has 0 saturated carbocycles. The van der Waals surface area contributed by atoms with Crippen molar-refractivity contribution in [1.82, 2.24) is 14.4 Å². The number of carbonyl (C=O) groups excluding carboxylic acids is 3. The van der Waals surface area contributed by atoms with Crippen molar-refractivity contribution in [3.05, 3.63) is 106 Å². The number of aryl methyl sites for hydroxylation is 1. The molecule has 0 aliphatic carbocycles. The number of aromatic nitrogens is 1. The Morgan fingerprint density at radius 2 is 1.47 bits per heavy atom. The Bertz CT molecular complexity index is 1500. The van der Waals surface area contributed by atoms with Crippen molar-refractivity contribution in [1.29, 1.82) is 0 Å². The standard InChI is InChI=1S/C30H27N3O3/c1-19-28(26-14-15-27(34)32(26)17-20-8-4-3-5-9-20)24-16-21(12-13-25(24)31(19)2)18-33-29(35)22-10-6-7-11-23(22)30(33)36/h3-13,16,26H,14-15,17-18H2,1-2H3/t26-/m0/s1. The van der Waals surface area contributed by atoms with Gasteiger partial charge in [-0.1, -0.05) is 48.5 Å². The van der Waals surface area contributed by atoms with Gasteiger partial charge in [0.05, 0.1) is 23.7 Å². The second-order valence-corrected chi connectivity index (χ2v) is 9.71. The molecule has 3 aromatic carbocycles. The van der Waals surface area contributed by atoms with E-state index in [4.69, 9.17) is 0 Å². The van der Waals surface area contributed by atoms with Crippen LogP contribution in [0.25, 0.3) is 10.9 Å². The first-order valence-electron chi connectivity index (χ1n) is 12.3. The van der Waals surface area contributed by atoms with Gasteiger partial charge in [-0.3, -0.25) is 19.3 Å². The van der Waals surface area contributed by atoms with Crippen LogP contribution in [0, 0.1) is 6.92 Å². The molecule has 36 heavy (non-hydrogen) atoms. The number of likely N-dealkylation sites (tertiary alicyclic amines) is 1. The Kier molecular flexibility index (Phi) is 5.25. The number of hydrogen-bond donors (Lipinski definition) is 0. The molecule has 0 N–H and O–H groups in total. The van der Waals surface area contributed by atoms with Gasteiger partial charge in [-0.25, -0.2) is 0 Å². The van der Waals surface area contributed by atoms with Crippen LogP contribution in [0.15, 0.2) is 72.8 Å². The van der Waals surface area contributed by atoms with Crippen LogP contribution in [0.5, 0.6) is 0 Å². The van der Waals surface area contributed by atoms with Crippen molar-refractivity contribution in [2.24, 2.45) is 7.05 Å². The topological polar surface area (TPSA) is 62.6 Å². The fraction of sp³-hybridized carbons (Fsp3) is 0.233. The third-order valence-corrected chi connectivity index (χ3v) is 7.68. The summed E-state index contributed by atoms with van der Waals surface area (Å²) in [5.74, 6) is -0.339. The Morgan fingerprint density at radius 1 is 0.806 bits per heavy atom. The molecular formula is C30H27N3O3. The van der Waals surface area contributed by atoms with E-state index in [1.807, 2.05) is 36.2 Å². The van der Waals surface area contributed by atoms with Gasteiger partial charge in [-0.05, 0) is 48.7 Å². The molecule has 0 bridgehead atoms. The first-order chi connectivity index (χ1) is 17.4. The zero-order valence-corrected chi connectivity index (χ0v) is 20.4. The van der Waals surface area contributed by atoms with Crippen LogP contribution in [-0.2, 0) is 24.9 Å². The quantitative estimate of drug-likeness (QED) is 0.374. The van der Waals surface area contributed by atoms with Gasteiger partial charge in [0.1, 0.15) is 0 Å². The van der Waals surface area contributed by atoms with Crippen LogP contribution in [0.3, 0.4) is 0 Å². The van der Waals surface area contributed by atoms with Gasteiger partial charge < -0.3 is 9.47 Å². The van der Waals surface area contributed by atoms with Gasteiger partial charge in [-0.15, -0.1) is 0 Å². The molecule has 4 aromatic rings. The predicted octanol–water partition coefficient (Wildman–Crippen LogP) is 5.15. The van der Waals surface area contributed by atoms with E-state index in [2.05, 4.69) is 35.8 Å². The minimum atomic E-state index is -0.254. The zero-order valence-electron chi connectivity index (χ0n) is 20.4. The average Bonchev–Trinajstić information content (AvgIpc) is 3.46. The lowest BCUT2D eigenvalue weighted by Gasteiger charge is -2.26. The first-order valence-corrected chi connectivity index (χ1v) is 12.3. The summed E-state index contributed by atoms with van der Waals surface area (Å²) in [5, 5.41) is 1.07. The van der Waals surface area contributed by atoms with E-state index in [1.165, 1.54) is 4.90 Å². The van der Waals surface area contributed by atoms with E-state index in [1.54, 1.807) is 24.3 Å². The molecule has 0 spiro atoms. The highest BCUT2D eigenvalue weighted by atomic mass is 16.2. The molecule has 1 atom stereocenters. The lowest BCUT2D eigenvalue weighted by Crippen LogP contribution is -2.29. The summed E-state index contributed by atoms with van der Waals surface area (Å²) in [4.78, 5) is 42.1. The van der Waals surface area contributed by atoms with Crippen molar-refractivity contribution < 1.29 is 14.4 Å². The molecule has 6 heteroatoms. The molecule has 3 amide bonds. The van der Waals surface area contributed by atoms with E-state index in [0.29, 0.717) is 24.1 Å². The number of imide groups is 1. The van der Waals surface area contributed by atoms with Crippen molar-refractivity contribution >= 4 is 28.6 Å². The summed E-state index contributed by atoms with van der Waals surface area (Å²) >= 11 is 0. The number of rotatable bonds is 5. The van der Waals surface area contributed by atoms with Gasteiger partial charge >= 0.3 is 0 Å². The van der Waals surface area contributed by atoms with Crippen LogP contribution < -0.4 is 0 Å². The number of carbonyl (C=O) groups is 3. The first kappa shape index (κ1) is 22.3. The van der Waals surface area contributed by atoms with Gasteiger partial charge in [0.2, 0.25) is 5.91 Å². The maximum atomic E-state index is 12.9. The smallest absolute Gasteiger partial charge is 0.261 e. The van der Waals surface area contributed by atoms with E-state index >= 15 is 0 Å².